The number of hydrogen-bond acceptors (Lipinski definition) is 4. The minimum absolute atomic E-state index is 0.0819. The lowest BCUT2D eigenvalue weighted by Crippen LogP contribution is -1.95. The minimum atomic E-state index is -0.460. The number of carbonyl (C=O) groups is 1. The average molecular weight is 244 g/mol. The second-order valence-corrected chi connectivity index (χ2v) is 3.89. The lowest BCUT2D eigenvalue weighted by Gasteiger charge is -2.04. The van der Waals surface area contributed by atoms with Crippen LogP contribution in [0.2, 0.25) is 0 Å². The third kappa shape index (κ3) is 2.43. The second-order valence-electron chi connectivity index (χ2n) is 3.89. The standard InChI is InChI=1S/C14H12O4/c1-9-4-5-11(15)10(7-9)12(16)8-13(17)14-3-2-6-18-14/h2-8,15-16H,1H3/b12-8+. The largest absolute Gasteiger partial charge is 0.507 e. The highest BCUT2D eigenvalue weighted by Crippen LogP contribution is 2.24. The summed E-state index contributed by atoms with van der Waals surface area (Å²) in [5.74, 6) is -0.703. The average Bonchev–Trinajstić information content (AvgIpc) is 2.85. The van der Waals surface area contributed by atoms with Gasteiger partial charge in [0.05, 0.1) is 11.8 Å². The first-order chi connectivity index (χ1) is 8.58. The van der Waals surface area contributed by atoms with Crippen LogP contribution in [-0.4, -0.2) is 16.0 Å². The summed E-state index contributed by atoms with van der Waals surface area (Å²) < 4.78 is 4.92. The molecular weight excluding hydrogens is 232 g/mol. The van der Waals surface area contributed by atoms with E-state index in [9.17, 15) is 15.0 Å². The molecule has 1 aromatic heterocycles. The Bertz CT molecular complexity index is 594. The van der Waals surface area contributed by atoms with Gasteiger partial charge < -0.3 is 14.6 Å². The third-order valence-corrected chi connectivity index (χ3v) is 2.46. The fraction of sp³-hybridized carbons (Fsp3) is 0.0714. The number of furan rings is 1. The van der Waals surface area contributed by atoms with Gasteiger partial charge in [-0.05, 0) is 31.2 Å². The van der Waals surface area contributed by atoms with Crippen molar-refractivity contribution in [1.82, 2.24) is 0 Å². The van der Waals surface area contributed by atoms with Crippen LogP contribution in [0.3, 0.4) is 0 Å². The Hall–Kier alpha value is -2.49. The first kappa shape index (κ1) is 12.0. The molecule has 0 aliphatic carbocycles. The Labute approximate surface area is 104 Å². The van der Waals surface area contributed by atoms with Crippen LogP contribution < -0.4 is 0 Å². The lowest BCUT2D eigenvalue weighted by molar-refractivity contribution is 0.102. The molecule has 0 aliphatic rings. The number of aliphatic hydroxyl groups is 1. The number of hydrogen-bond donors (Lipinski definition) is 2. The van der Waals surface area contributed by atoms with Gasteiger partial charge in [-0.1, -0.05) is 11.6 Å². The molecule has 4 nitrogen and oxygen atoms in total. The predicted molar refractivity (Wildman–Crippen MR) is 66.5 cm³/mol. The van der Waals surface area contributed by atoms with E-state index < -0.39 is 5.78 Å². The van der Waals surface area contributed by atoms with Crippen molar-refractivity contribution in [3.63, 3.8) is 0 Å². The fourth-order valence-corrected chi connectivity index (χ4v) is 1.55. The quantitative estimate of drug-likeness (QED) is 0.494. The molecule has 0 saturated heterocycles. The molecule has 0 atom stereocenters. The number of aryl methyl sites for hydroxylation is 1. The molecular formula is C14H12O4. The predicted octanol–water partition coefficient (Wildman–Crippen LogP) is 3.08. The molecule has 0 amide bonds. The molecule has 0 saturated carbocycles. The van der Waals surface area contributed by atoms with E-state index in [1.807, 2.05) is 6.92 Å². The lowest BCUT2D eigenvalue weighted by atomic mass is 10.1. The van der Waals surface area contributed by atoms with Gasteiger partial charge in [-0.3, -0.25) is 4.79 Å². The molecule has 0 unspecified atom stereocenters. The highest BCUT2D eigenvalue weighted by molar-refractivity contribution is 6.06. The smallest absolute Gasteiger partial charge is 0.224 e. The highest BCUT2D eigenvalue weighted by atomic mass is 16.3. The van der Waals surface area contributed by atoms with Crippen molar-refractivity contribution in [1.29, 1.82) is 0 Å². The summed E-state index contributed by atoms with van der Waals surface area (Å²) in [4.78, 5) is 11.7. The maximum atomic E-state index is 11.7. The third-order valence-electron chi connectivity index (χ3n) is 2.46. The number of allylic oxidation sites excluding steroid dienone is 1. The summed E-state index contributed by atoms with van der Waals surface area (Å²) in [7, 11) is 0. The Morgan fingerprint density at radius 2 is 2.11 bits per heavy atom. The maximum absolute atomic E-state index is 11.7. The fourth-order valence-electron chi connectivity index (χ4n) is 1.55. The summed E-state index contributed by atoms with van der Waals surface area (Å²) in [6.07, 6.45) is 2.40. The van der Waals surface area contributed by atoms with E-state index in [0.717, 1.165) is 11.6 Å². The van der Waals surface area contributed by atoms with Crippen LogP contribution in [0.15, 0.2) is 47.1 Å². The Kier molecular flexibility index (Phi) is 3.19. The number of rotatable bonds is 3. The van der Waals surface area contributed by atoms with Crippen molar-refractivity contribution < 1.29 is 19.4 Å². The van der Waals surface area contributed by atoms with Gasteiger partial charge in [0.25, 0.3) is 0 Å². The summed E-state index contributed by atoms with van der Waals surface area (Å²) >= 11 is 0. The Balaban J connectivity index is 2.33. The number of ketones is 1. The van der Waals surface area contributed by atoms with E-state index in [1.54, 1.807) is 18.2 Å². The van der Waals surface area contributed by atoms with Crippen molar-refractivity contribution >= 4 is 11.5 Å². The zero-order valence-corrected chi connectivity index (χ0v) is 9.75. The Morgan fingerprint density at radius 1 is 1.33 bits per heavy atom. The maximum Gasteiger partial charge on any atom is 0.224 e. The second kappa shape index (κ2) is 4.79. The molecule has 0 radical (unpaired) electrons. The zero-order valence-electron chi connectivity index (χ0n) is 9.75. The summed E-state index contributed by atoms with van der Waals surface area (Å²) in [6.45, 7) is 1.82. The van der Waals surface area contributed by atoms with Crippen LogP contribution in [0.5, 0.6) is 5.75 Å². The van der Waals surface area contributed by atoms with E-state index >= 15 is 0 Å². The molecule has 4 heteroatoms. The number of benzene rings is 1. The number of aromatic hydroxyl groups is 1. The zero-order chi connectivity index (χ0) is 13.1. The first-order valence-corrected chi connectivity index (χ1v) is 5.36. The highest BCUT2D eigenvalue weighted by Gasteiger charge is 2.11. The van der Waals surface area contributed by atoms with Gasteiger partial charge in [-0.25, -0.2) is 0 Å². The van der Waals surface area contributed by atoms with E-state index in [2.05, 4.69) is 0 Å². The van der Waals surface area contributed by atoms with Crippen molar-refractivity contribution in [2.75, 3.05) is 0 Å². The van der Waals surface area contributed by atoms with E-state index in [0.29, 0.717) is 0 Å². The van der Waals surface area contributed by atoms with Crippen molar-refractivity contribution in [2.24, 2.45) is 0 Å². The first-order valence-electron chi connectivity index (χ1n) is 5.36. The molecule has 92 valence electrons. The summed E-state index contributed by atoms with van der Waals surface area (Å²) in [5.41, 5.74) is 1.09. The normalized spacial score (nSPS) is 11.5. The van der Waals surface area contributed by atoms with Gasteiger partial charge in [0, 0.05) is 6.08 Å². The molecule has 0 bridgehead atoms. The van der Waals surface area contributed by atoms with Crippen LogP contribution >= 0.6 is 0 Å². The van der Waals surface area contributed by atoms with E-state index in [1.165, 1.54) is 18.4 Å². The summed E-state index contributed by atoms with van der Waals surface area (Å²) in [6, 6.07) is 7.85. The van der Waals surface area contributed by atoms with Gasteiger partial charge in [0.1, 0.15) is 11.5 Å². The van der Waals surface area contributed by atoms with Crippen LogP contribution in [-0.2, 0) is 0 Å². The number of phenolic OH excluding ortho intramolecular Hbond substituents is 1. The molecule has 18 heavy (non-hydrogen) atoms. The number of carbonyl (C=O) groups excluding carboxylic acids is 1. The van der Waals surface area contributed by atoms with Crippen molar-refractivity contribution in [2.45, 2.75) is 6.92 Å². The van der Waals surface area contributed by atoms with Crippen LogP contribution in [0, 0.1) is 6.92 Å². The monoisotopic (exact) mass is 244 g/mol. The van der Waals surface area contributed by atoms with Crippen molar-refractivity contribution in [3.05, 3.63) is 59.6 Å². The molecule has 0 aliphatic heterocycles. The molecule has 2 rings (SSSR count). The van der Waals surface area contributed by atoms with Crippen LogP contribution in [0.1, 0.15) is 21.7 Å². The molecule has 0 spiro atoms. The van der Waals surface area contributed by atoms with E-state index in [4.69, 9.17) is 4.42 Å². The molecule has 1 aromatic carbocycles. The minimum Gasteiger partial charge on any atom is -0.507 e. The molecule has 0 fully saturated rings. The van der Waals surface area contributed by atoms with Crippen molar-refractivity contribution in [3.8, 4) is 5.75 Å². The van der Waals surface area contributed by atoms with Crippen LogP contribution in [0.25, 0.3) is 5.76 Å². The topological polar surface area (TPSA) is 70.7 Å². The SMILES string of the molecule is Cc1ccc(O)c(/C(O)=C\C(=O)c2ccco2)c1. The van der Waals surface area contributed by atoms with E-state index in [-0.39, 0.29) is 22.8 Å². The number of phenols is 1. The molecule has 2 N–H and O–H groups in total. The van der Waals surface area contributed by atoms with Gasteiger partial charge in [0.15, 0.2) is 5.76 Å². The van der Waals surface area contributed by atoms with Crippen LogP contribution in [0.4, 0.5) is 0 Å². The summed E-state index contributed by atoms with van der Waals surface area (Å²) in [5, 5.41) is 19.4. The van der Waals surface area contributed by atoms with Gasteiger partial charge >= 0.3 is 0 Å². The van der Waals surface area contributed by atoms with Gasteiger partial charge in [0.2, 0.25) is 5.78 Å². The van der Waals surface area contributed by atoms with Gasteiger partial charge in [-0.15, -0.1) is 0 Å². The molecule has 1 heterocycles. The number of aliphatic hydroxyl groups excluding tert-OH is 1. The Morgan fingerprint density at radius 3 is 2.78 bits per heavy atom. The van der Waals surface area contributed by atoms with Gasteiger partial charge in [-0.2, -0.15) is 0 Å². The molecule has 2 aromatic rings.